The van der Waals surface area contributed by atoms with Gasteiger partial charge < -0.3 is 19.1 Å². The highest BCUT2D eigenvalue weighted by Gasteiger charge is 2.51. The molecule has 0 saturated heterocycles. The maximum Gasteiger partial charge on any atom is 0.303 e. The number of hydrogen-bond donors (Lipinski definition) is 0. The van der Waals surface area contributed by atoms with Gasteiger partial charge in [0, 0.05) is 30.7 Å². The molecule has 0 bridgehead atoms. The normalized spacial score (nSPS) is 22.4. The topological polar surface area (TPSA) is 108 Å². The molecule has 29 heavy (non-hydrogen) atoms. The lowest BCUT2D eigenvalue weighted by molar-refractivity contribution is -0.385. The minimum atomic E-state index is -0.965. The molecule has 0 aliphatic carbocycles. The molecular weight excluding hydrogens is 380 g/mol. The molecule has 1 aromatic rings. The maximum absolute atomic E-state index is 12.8. The van der Waals surface area contributed by atoms with E-state index in [0.29, 0.717) is 23.7 Å². The molecule has 1 amide bonds. The molecule has 3 rings (SSSR count). The second kappa shape index (κ2) is 7.73. The fourth-order valence-electron chi connectivity index (χ4n) is 3.64. The van der Waals surface area contributed by atoms with Crippen LogP contribution in [0.1, 0.15) is 45.7 Å². The van der Waals surface area contributed by atoms with Crippen LogP contribution < -0.4 is 4.74 Å². The Morgan fingerprint density at radius 2 is 2.14 bits per heavy atom. The summed E-state index contributed by atoms with van der Waals surface area (Å²) in [6.45, 7) is 7.39. The number of carbonyl (C=O) groups is 2. The molecule has 0 aromatic heterocycles. The van der Waals surface area contributed by atoms with Gasteiger partial charge in [0.2, 0.25) is 0 Å². The largest absolute Gasteiger partial charge is 0.496 e. The molecule has 9 heteroatoms. The van der Waals surface area contributed by atoms with Gasteiger partial charge in [0.25, 0.3) is 11.6 Å². The van der Waals surface area contributed by atoms with Crippen molar-refractivity contribution in [3.05, 3.63) is 45.7 Å². The van der Waals surface area contributed by atoms with Crippen LogP contribution >= 0.6 is 0 Å². The van der Waals surface area contributed by atoms with Crippen molar-refractivity contribution in [1.29, 1.82) is 0 Å². The van der Waals surface area contributed by atoms with Gasteiger partial charge in [-0.25, -0.2) is 0 Å². The third kappa shape index (κ3) is 4.03. The quantitative estimate of drug-likeness (QED) is 0.407. The summed E-state index contributed by atoms with van der Waals surface area (Å²) in [5.74, 6) is 0.0699. The number of nitro groups is 1. The van der Waals surface area contributed by atoms with Crippen molar-refractivity contribution < 1.29 is 28.7 Å². The van der Waals surface area contributed by atoms with Gasteiger partial charge in [0.1, 0.15) is 23.2 Å². The lowest BCUT2D eigenvalue weighted by atomic mass is 9.85. The minimum Gasteiger partial charge on any atom is -0.496 e. The average molecular weight is 404 g/mol. The third-order valence-corrected chi connectivity index (χ3v) is 4.88. The van der Waals surface area contributed by atoms with Gasteiger partial charge in [0.05, 0.1) is 18.1 Å². The molecule has 2 heterocycles. The summed E-state index contributed by atoms with van der Waals surface area (Å²) in [4.78, 5) is 36.9. The Morgan fingerprint density at radius 1 is 1.41 bits per heavy atom. The summed E-state index contributed by atoms with van der Waals surface area (Å²) in [7, 11) is 0. The molecule has 9 nitrogen and oxygen atoms in total. The van der Waals surface area contributed by atoms with Gasteiger partial charge >= 0.3 is 5.97 Å². The van der Waals surface area contributed by atoms with E-state index in [9.17, 15) is 19.7 Å². The molecule has 2 atom stereocenters. The van der Waals surface area contributed by atoms with E-state index in [-0.39, 0.29) is 18.1 Å². The lowest BCUT2D eigenvalue weighted by Gasteiger charge is -2.46. The van der Waals surface area contributed by atoms with Crippen LogP contribution in [0.5, 0.6) is 5.75 Å². The number of hydrogen-bond acceptors (Lipinski definition) is 7. The zero-order valence-corrected chi connectivity index (χ0v) is 16.8. The average Bonchev–Trinajstić information content (AvgIpc) is 2.99. The Kier molecular flexibility index (Phi) is 5.50. The Bertz CT molecular complexity index is 878. The van der Waals surface area contributed by atoms with Crippen molar-refractivity contribution in [3.8, 4) is 5.75 Å². The van der Waals surface area contributed by atoms with E-state index in [1.54, 1.807) is 13.8 Å². The Morgan fingerprint density at radius 3 is 2.76 bits per heavy atom. The summed E-state index contributed by atoms with van der Waals surface area (Å²) < 4.78 is 17.2. The molecule has 2 aliphatic heterocycles. The van der Waals surface area contributed by atoms with Gasteiger partial charge in [-0.1, -0.05) is 6.92 Å². The van der Waals surface area contributed by atoms with E-state index in [2.05, 4.69) is 0 Å². The van der Waals surface area contributed by atoms with Gasteiger partial charge in [-0.15, -0.1) is 0 Å². The molecule has 0 spiro atoms. The number of amides is 1. The molecular formula is C20H24N2O7. The highest BCUT2D eigenvalue weighted by atomic mass is 16.6. The first-order chi connectivity index (χ1) is 13.6. The first kappa shape index (κ1) is 20.6. The van der Waals surface area contributed by atoms with E-state index in [4.69, 9.17) is 14.2 Å². The summed E-state index contributed by atoms with van der Waals surface area (Å²) in [5, 5.41) is 11.3. The Labute approximate surface area is 168 Å². The van der Waals surface area contributed by atoms with E-state index < -0.39 is 28.6 Å². The number of benzene rings is 1. The van der Waals surface area contributed by atoms with E-state index in [0.717, 1.165) is 6.42 Å². The van der Waals surface area contributed by atoms with Crippen LogP contribution in [0.25, 0.3) is 0 Å². The molecule has 0 unspecified atom stereocenters. The van der Waals surface area contributed by atoms with Crippen molar-refractivity contribution in [1.82, 2.24) is 4.90 Å². The van der Waals surface area contributed by atoms with Crippen molar-refractivity contribution >= 4 is 17.6 Å². The van der Waals surface area contributed by atoms with Crippen molar-refractivity contribution in [2.24, 2.45) is 0 Å². The minimum absolute atomic E-state index is 0.138. The molecule has 0 saturated carbocycles. The van der Waals surface area contributed by atoms with Crippen LogP contribution in [-0.4, -0.2) is 46.6 Å². The molecule has 1 aromatic carbocycles. The van der Waals surface area contributed by atoms with Crippen LogP contribution in [0.15, 0.2) is 30.0 Å². The standard InChI is InChI=1S/C20H24N2O7/c1-5-8-27-14-10-17(24)21(11-14)18-15-9-13(22(25)26)6-7-16(15)29-20(3,4)19(18)28-12(2)23/h6-7,9-10,18-19H,5,8,11H2,1-4H3/t18-,19+/m1/s1. The number of carbonyl (C=O) groups excluding carboxylic acids is 2. The van der Waals surface area contributed by atoms with Crippen LogP contribution in [0.4, 0.5) is 5.69 Å². The van der Waals surface area contributed by atoms with Gasteiger partial charge in [-0.3, -0.25) is 19.7 Å². The summed E-state index contributed by atoms with van der Waals surface area (Å²) in [6, 6.07) is 3.46. The zero-order valence-electron chi connectivity index (χ0n) is 16.8. The molecule has 2 aliphatic rings. The first-order valence-electron chi connectivity index (χ1n) is 9.42. The van der Waals surface area contributed by atoms with Crippen LogP contribution in [0.3, 0.4) is 0 Å². The monoisotopic (exact) mass is 404 g/mol. The maximum atomic E-state index is 12.8. The second-order valence-corrected chi connectivity index (χ2v) is 7.58. The lowest BCUT2D eigenvalue weighted by Crippen LogP contribution is -2.55. The Balaban J connectivity index is 2.07. The number of non-ortho nitro benzene ring substituents is 1. The summed E-state index contributed by atoms with van der Waals surface area (Å²) in [5.41, 5.74) is -0.684. The first-order valence-corrected chi connectivity index (χ1v) is 9.42. The van der Waals surface area contributed by atoms with Crippen LogP contribution in [-0.2, 0) is 19.1 Å². The smallest absolute Gasteiger partial charge is 0.303 e. The number of rotatable bonds is 6. The van der Waals surface area contributed by atoms with Gasteiger partial charge in [0.15, 0.2) is 6.10 Å². The second-order valence-electron chi connectivity index (χ2n) is 7.58. The molecule has 156 valence electrons. The van der Waals surface area contributed by atoms with Gasteiger partial charge in [-0.05, 0) is 26.3 Å². The molecule has 0 radical (unpaired) electrons. The van der Waals surface area contributed by atoms with Crippen molar-refractivity contribution in [2.45, 2.75) is 51.9 Å². The number of ether oxygens (including phenoxy) is 3. The fraction of sp³-hybridized carbons (Fsp3) is 0.500. The Hall–Kier alpha value is -3.10. The number of nitrogens with zero attached hydrogens (tertiary/aromatic N) is 2. The van der Waals surface area contributed by atoms with E-state index in [1.807, 2.05) is 6.92 Å². The van der Waals surface area contributed by atoms with Crippen molar-refractivity contribution in [3.63, 3.8) is 0 Å². The number of nitro benzene ring substituents is 1. The highest BCUT2D eigenvalue weighted by molar-refractivity contribution is 5.91. The third-order valence-electron chi connectivity index (χ3n) is 4.88. The predicted octanol–water partition coefficient (Wildman–Crippen LogP) is 2.89. The number of esters is 1. The van der Waals surface area contributed by atoms with Crippen molar-refractivity contribution in [2.75, 3.05) is 13.2 Å². The zero-order chi connectivity index (χ0) is 21.3. The van der Waals surface area contributed by atoms with Crippen LogP contribution in [0.2, 0.25) is 0 Å². The fourth-order valence-corrected chi connectivity index (χ4v) is 3.64. The predicted molar refractivity (Wildman–Crippen MR) is 102 cm³/mol. The summed E-state index contributed by atoms with van der Waals surface area (Å²) >= 11 is 0. The molecule has 0 fully saturated rings. The van der Waals surface area contributed by atoms with Gasteiger partial charge in [-0.2, -0.15) is 0 Å². The summed E-state index contributed by atoms with van der Waals surface area (Å²) in [6.07, 6.45) is 1.33. The van der Waals surface area contributed by atoms with Crippen LogP contribution in [0, 0.1) is 10.1 Å². The highest BCUT2D eigenvalue weighted by Crippen LogP contribution is 2.46. The number of fused-ring (bicyclic) bond motifs is 1. The van der Waals surface area contributed by atoms with E-state index in [1.165, 1.54) is 36.1 Å². The SMILES string of the molecule is CCCOC1=CC(=O)N([C@@H]2c3cc([N+](=O)[O-])ccc3OC(C)(C)[C@H]2OC(C)=O)C1. The van der Waals surface area contributed by atoms with E-state index >= 15 is 0 Å². The molecule has 0 N–H and O–H groups in total.